The summed E-state index contributed by atoms with van der Waals surface area (Å²) in [6, 6.07) is 0. The summed E-state index contributed by atoms with van der Waals surface area (Å²) in [6.07, 6.45) is 4.06. The van der Waals surface area contributed by atoms with E-state index in [1.54, 1.807) is 4.31 Å². The van der Waals surface area contributed by atoms with Crippen LogP contribution in [0.2, 0.25) is 0 Å². The predicted molar refractivity (Wildman–Crippen MR) is 83.8 cm³/mol. The van der Waals surface area contributed by atoms with Gasteiger partial charge in [-0.1, -0.05) is 27.2 Å². The molecule has 1 saturated heterocycles. The smallest absolute Gasteiger partial charge is 0.279 e. The highest BCUT2D eigenvalue weighted by atomic mass is 32.2. The summed E-state index contributed by atoms with van der Waals surface area (Å²) in [5, 5.41) is 3.42. The third-order valence-electron chi connectivity index (χ3n) is 4.08. The zero-order valence-corrected chi connectivity index (χ0v) is 14.0. The Morgan fingerprint density at radius 3 is 2.45 bits per heavy atom. The average Bonchev–Trinajstić information content (AvgIpc) is 2.45. The Morgan fingerprint density at radius 1 is 1.25 bits per heavy atom. The van der Waals surface area contributed by atoms with Gasteiger partial charge in [0.15, 0.2) is 0 Å². The van der Waals surface area contributed by atoms with Crippen molar-refractivity contribution in [1.29, 1.82) is 0 Å². The third kappa shape index (κ3) is 6.08. The van der Waals surface area contributed by atoms with Crippen molar-refractivity contribution in [3.8, 4) is 0 Å². The Labute approximate surface area is 124 Å². The highest BCUT2D eigenvalue weighted by Crippen LogP contribution is 2.18. The van der Waals surface area contributed by atoms with Gasteiger partial charge in [0.25, 0.3) is 10.2 Å². The van der Waals surface area contributed by atoms with Crippen LogP contribution in [0.1, 0.15) is 46.5 Å². The quantitative estimate of drug-likeness (QED) is 0.636. The van der Waals surface area contributed by atoms with E-state index < -0.39 is 10.2 Å². The molecule has 1 aliphatic rings. The number of piperidine rings is 1. The number of nitrogens with one attached hydrogen (secondary N) is 2. The van der Waals surface area contributed by atoms with E-state index in [2.05, 4.69) is 30.8 Å². The van der Waals surface area contributed by atoms with Crippen molar-refractivity contribution in [2.24, 2.45) is 11.8 Å². The summed E-state index contributed by atoms with van der Waals surface area (Å²) in [5.74, 6) is 1.00. The second-order valence-corrected chi connectivity index (χ2v) is 7.67. The molecule has 5 nitrogen and oxygen atoms in total. The van der Waals surface area contributed by atoms with Crippen molar-refractivity contribution in [2.75, 3.05) is 32.7 Å². The van der Waals surface area contributed by atoms with Gasteiger partial charge in [-0.2, -0.15) is 12.7 Å². The molecule has 2 N–H and O–H groups in total. The van der Waals surface area contributed by atoms with Gasteiger partial charge in [-0.25, -0.2) is 4.72 Å². The first-order chi connectivity index (χ1) is 9.49. The standard InChI is InChI=1S/C14H31N3O2S/c1-4-8-15-12-14-6-9-17(10-7-14)20(18,19)16-11-13(3)5-2/h13-16H,4-12H2,1-3H3. The lowest BCUT2D eigenvalue weighted by Gasteiger charge is -2.31. The van der Waals surface area contributed by atoms with Crippen LogP contribution in [0.5, 0.6) is 0 Å². The molecule has 6 heteroatoms. The maximum absolute atomic E-state index is 12.2. The van der Waals surface area contributed by atoms with Gasteiger partial charge in [0, 0.05) is 19.6 Å². The van der Waals surface area contributed by atoms with E-state index in [1.807, 2.05) is 0 Å². The third-order valence-corrected chi connectivity index (χ3v) is 5.66. The van der Waals surface area contributed by atoms with Crippen molar-refractivity contribution in [3.05, 3.63) is 0 Å². The minimum absolute atomic E-state index is 0.389. The molecule has 1 rings (SSSR count). The normalized spacial score (nSPS) is 20.1. The fraction of sp³-hybridized carbons (Fsp3) is 1.00. The largest absolute Gasteiger partial charge is 0.316 e. The number of rotatable bonds is 9. The summed E-state index contributed by atoms with van der Waals surface area (Å²) in [4.78, 5) is 0. The van der Waals surface area contributed by atoms with Gasteiger partial charge in [-0.05, 0) is 44.2 Å². The number of nitrogens with zero attached hydrogens (tertiary/aromatic N) is 1. The second-order valence-electron chi connectivity index (χ2n) is 5.91. The molecule has 1 fully saturated rings. The topological polar surface area (TPSA) is 61.4 Å². The molecule has 1 heterocycles. The fourth-order valence-corrected chi connectivity index (χ4v) is 3.69. The predicted octanol–water partition coefficient (Wildman–Crippen LogP) is 1.58. The lowest BCUT2D eigenvalue weighted by atomic mass is 9.98. The first-order valence-corrected chi connectivity index (χ1v) is 9.39. The molecule has 0 spiro atoms. The van der Waals surface area contributed by atoms with Crippen LogP contribution in [-0.4, -0.2) is 45.4 Å². The zero-order valence-electron chi connectivity index (χ0n) is 13.2. The lowest BCUT2D eigenvalue weighted by molar-refractivity contribution is 0.264. The van der Waals surface area contributed by atoms with Crippen LogP contribution in [0.25, 0.3) is 0 Å². The monoisotopic (exact) mass is 305 g/mol. The van der Waals surface area contributed by atoms with Gasteiger partial charge in [0.1, 0.15) is 0 Å². The first kappa shape index (κ1) is 17.9. The van der Waals surface area contributed by atoms with Crippen LogP contribution >= 0.6 is 0 Å². The molecule has 0 radical (unpaired) electrons. The minimum Gasteiger partial charge on any atom is -0.316 e. The summed E-state index contributed by atoms with van der Waals surface area (Å²) in [6.45, 7) is 10.2. The van der Waals surface area contributed by atoms with Crippen LogP contribution in [0.3, 0.4) is 0 Å². The van der Waals surface area contributed by atoms with Gasteiger partial charge < -0.3 is 5.32 Å². The van der Waals surface area contributed by atoms with E-state index in [0.717, 1.165) is 38.8 Å². The Kier molecular flexibility index (Phi) is 8.02. The van der Waals surface area contributed by atoms with Crippen molar-refractivity contribution >= 4 is 10.2 Å². The SMILES string of the molecule is CCCNCC1CCN(S(=O)(=O)NCC(C)CC)CC1. The van der Waals surface area contributed by atoms with Crippen LogP contribution in [0, 0.1) is 11.8 Å². The van der Waals surface area contributed by atoms with E-state index in [9.17, 15) is 8.42 Å². The van der Waals surface area contributed by atoms with Gasteiger partial charge in [0.2, 0.25) is 0 Å². The van der Waals surface area contributed by atoms with E-state index in [-0.39, 0.29) is 0 Å². The Balaban J connectivity index is 2.32. The Bertz CT molecular complexity index is 351. The van der Waals surface area contributed by atoms with Crippen molar-refractivity contribution in [2.45, 2.75) is 46.5 Å². The highest BCUT2D eigenvalue weighted by molar-refractivity contribution is 7.87. The summed E-state index contributed by atoms with van der Waals surface area (Å²) in [7, 11) is -3.27. The molecular weight excluding hydrogens is 274 g/mol. The summed E-state index contributed by atoms with van der Waals surface area (Å²) >= 11 is 0. The average molecular weight is 305 g/mol. The van der Waals surface area contributed by atoms with Crippen LogP contribution in [0.15, 0.2) is 0 Å². The molecule has 20 heavy (non-hydrogen) atoms. The molecule has 1 atom stereocenters. The van der Waals surface area contributed by atoms with E-state index >= 15 is 0 Å². The van der Waals surface area contributed by atoms with Crippen molar-refractivity contribution < 1.29 is 8.42 Å². The van der Waals surface area contributed by atoms with E-state index in [4.69, 9.17) is 0 Å². The molecule has 0 aromatic carbocycles. The van der Waals surface area contributed by atoms with Gasteiger partial charge in [-0.15, -0.1) is 0 Å². The second kappa shape index (κ2) is 8.97. The minimum atomic E-state index is -3.27. The molecule has 1 aliphatic heterocycles. The number of hydrogen-bond donors (Lipinski definition) is 2. The summed E-state index contributed by atoms with van der Waals surface area (Å²) in [5.41, 5.74) is 0. The molecule has 1 unspecified atom stereocenters. The van der Waals surface area contributed by atoms with Gasteiger partial charge in [0.05, 0.1) is 0 Å². The van der Waals surface area contributed by atoms with E-state index in [1.165, 1.54) is 0 Å². The molecule has 0 amide bonds. The maximum Gasteiger partial charge on any atom is 0.279 e. The van der Waals surface area contributed by atoms with Crippen LogP contribution in [-0.2, 0) is 10.2 Å². The molecule has 0 aromatic rings. The Hall–Kier alpha value is -0.170. The molecule has 0 aromatic heterocycles. The molecule has 0 bridgehead atoms. The van der Waals surface area contributed by atoms with Gasteiger partial charge in [-0.3, -0.25) is 0 Å². The zero-order chi connectivity index (χ0) is 15.0. The first-order valence-electron chi connectivity index (χ1n) is 7.95. The van der Waals surface area contributed by atoms with E-state index in [0.29, 0.717) is 31.5 Å². The molecular formula is C14H31N3O2S. The highest BCUT2D eigenvalue weighted by Gasteiger charge is 2.27. The maximum atomic E-state index is 12.2. The molecule has 120 valence electrons. The van der Waals surface area contributed by atoms with Crippen LogP contribution < -0.4 is 10.0 Å². The fourth-order valence-electron chi connectivity index (χ4n) is 2.32. The molecule has 0 saturated carbocycles. The van der Waals surface area contributed by atoms with Gasteiger partial charge >= 0.3 is 0 Å². The summed E-state index contributed by atoms with van der Waals surface area (Å²) < 4.78 is 28.7. The van der Waals surface area contributed by atoms with Crippen LogP contribution in [0.4, 0.5) is 0 Å². The number of hydrogen-bond acceptors (Lipinski definition) is 3. The Morgan fingerprint density at radius 2 is 1.90 bits per heavy atom. The lowest BCUT2D eigenvalue weighted by Crippen LogP contribution is -2.47. The van der Waals surface area contributed by atoms with Crippen molar-refractivity contribution in [1.82, 2.24) is 14.3 Å². The van der Waals surface area contributed by atoms with Crippen molar-refractivity contribution in [3.63, 3.8) is 0 Å². The molecule has 0 aliphatic carbocycles.